The number of amides is 1. The molecule has 0 unspecified atom stereocenters. The lowest BCUT2D eigenvalue weighted by molar-refractivity contribution is -0.125. The zero-order valence-corrected chi connectivity index (χ0v) is 16.5. The van der Waals surface area contributed by atoms with Gasteiger partial charge in [-0.1, -0.05) is 23.2 Å². The van der Waals surface area contributed by atoms with Gasteiger partial charge in [-0.05, 0) is 42.0 Å². The molecule has 3 rings (SSSR count). The largest absolute Gasteiger partial charge is 0.496 e. The third kappa shape index (κ3) is 4.67. The van der Waals surface area contributed by atoms with Crippen LogP contribution in [0.4, 0.5) is 0 Å². The van der Waals surface area contributed by atoms with E-state index in [1.165, 1.54) is 6.08 Å². The quantitative estimate of drug-likeness (QED) is 0.687. The number of hydrogen-bond donors (Lipinski definition) is 0. The average Bonchev–Trinajstić information content (AvgIpc) is 2.66. The smallest absolute Gasteiger partial charge is 0.246 e. The number of rotatable bonds is 5. The van der Waals surface area contributed by atoms with Crippen molar-refractivity contribution in [2.45, 2.75) is 6.54 Å². The third-order valence-corrected chi connectivity index (χ3v) is 4.58. The molecule has 1 aliphatic rings. The van der Waals surface area contributed by atoms with Crippen LogP contribution in [-0.4, -0.2) is 38.2 Å². The van der Waals surface area contributed by atoms with Crippen LogP contribution in [0.15, 0.2) is 36.4 Å². The number of carbonyl (C=O) groups is 1. The number of carbonyl (C=O) groups excluding carboxylic acids is 1. The van der Waals surface area contributed by atoms with Crippen molar-refractivity contribution in [3.63, 3.8) is 0 Å². The molecule has 0 atom stereocenters. The van der Waals surface area contributed by atoms with Crippen LogP contribution in [-0.2, 0) is 11.3 Å². The van der Waals surface area contributed by atoms with Crippen LogP contribution in [0.2, 0.25) is 10.0 Å². The molecule has 2 aromatic carbocycles. The van der Waals surface area contributed by atoms with Gasteiger partial charge in [-0.2, -0.15) is 0 Å². The Bertz CT molecular complexity index is 883. The Balaban J connectivity index is 1.71. The van der Waals surface area contributed by atoms with Crippen molar-refractivity contribution in [1.29, 1.82) is 0 Å². The molecule has 0 spiro atoms. The normalized spacial score (nSPS) is 12.9. The van der Waals surface area contributed by atoms with Gasteiger partial charge in [0.25, 0.3) is 0 Å². The molecular formula is C20H19Cl2NO4. The molecule has 5 nitrogen and oxygen atoms in total. The number of halogens is 2. The van der Waals surface area contributed by atoms with E-state index in [2.05, 4.69) is 0 Å². The molecule has 0 bridgehead atoms. The minimum Gasteiger partial charge on any atom is -0.496 e. The van der Waals surface area contributed by atoms with Gasteiger partial charge in [0.05, 0.1) is 12.1 Å². The molecular weight excluding hydrogens is 389 g/mol. The van der Waals surface area contributed by atoms with Crippen LogP contribution in [0.5, 0.6) is 17.2 Å². The lowest BCUT2D eigenvalue weighted by atomic mass is 10.1. The fraction of sp³-hybridized carbons (Fsp3) is 0.250. The van der Waals surface area contributed by atoms with Crippen molar-refractivity contribution < 1.29 is 19.0 Å². The summed E-state index contributed by atoms with van der Waals surface area (Å²) in [6, 6.07) is 8.84. The van der Waals surface area contributed by atoms with Gasteiger partial charge >= 0.3 is 0 Å². The van der Waals surface area contributed by atoms with Crippen LogP contribution in [0, 0.1) is 0 Å². The van der Waals surface area contributed by atoms with E-state index >= 15 is 0 Å². The second-order valence-electron chi connectivity index (χ2n) is 6.01. The van der Waals surface area contributed by atoms with Gasteiger partial charge < -0.3 is 19.1 Å². The lowest BCUT2D eigenvalue weighted by Gasteiger charge is -2.20. The van der Waals surface area contributed by atoms with E-state index < -0.39 is 0 Å². The number of ether oxygens (including phenoxy) is 3. The van der Waals surface area contributed by atoms with Gasteiger partial charge in [-0.3, -0.25) is 4.79 Å². The first-order chi connectivity index (χ1) is 13.0. The van der Waals surface area contributed by atoms with E-state index in [4.69, 9.17) is 37.4 Å². The highest BCUT2D eigenvalue weighted by molar-refractivity contribution is 6.32. The topological polar surface area (TPSA) is 48.0 Å². The number of likely N-dealkylation sites (N-methyl/N-ethyl adjacent to an activating group) is 1. The molecule has 0 fully saturated rings. The first kappa shape index (κ1) is 19.4. The number of hydrogen-bond acceptors (Lipinski definition) is 4. The lowest BCUT2D eigenvalue weighted by Crippen LogP contribution is -2.24. The second kappa shape index (κ2) is 8.55. The van der Waals surface area contributed by atoms with Crippen LogP contribution in [0.1, 0.15) is 11.1 Å². The molecule has 27 heavy (non-hydrogen) atoms. The molecule has 7 heteroatoms. The SMILES string of the molecule is COc1ccc(Cl)cc1CN(C)C(=O)/C=C/c1cc(Cl)c2c(c1)OCCO2. The zero-order valence-electron chi connectivity index (χ0n) is 15.0. The summed E-state index contributed by atoms with van der Waals surface area (Å²) in [4.78, 5) is 14.0. The fourth-order valence-electron chi connectivity index (χ4n) is 2.73. The van der Waals surface area contributed by atoms with Crippen LogP contribution < -0.4 is 14.2 Å². The summed E-state index contributed by atoms with van der Waals surface area (Å²) in [5.41, 5.74) is 1.59. The summed E-state index contributed by atoms with van der Waals surface area (Å²) in [5.74, 6) is 1.64. The minimum atomic E-state index is -0.164. The molecule has 0 aromatic heterocycles. The molecule has 0 N–H and O–H groups in total. The fourth-order valence-corrected chi connectivity index (χ4v) is 3.19. The maximum Gasteiger partial charge on any atom is 0.246 e. The van der Waals surface area contributed by atoms with Crippen LogP contribution in [0.25, 0.3) is 6.08 Å². The van der Waals surface area contributed by atoms with Crippen molar-refractivity contribution in [2.75, 3.05) is 27.4 Å². The predicted molar refractivity (Wildman–Crippen MR) is 106 cm³/mol. The Labute approximate surface area is 168 Å². The van der Waals surface area contributed by atoms with Crippen LogP contribution in [0.3, 0.4) is 0 Å². The molecule has 1 amide bonds. The first-order valence-electron chi connectivity index (χ1n) is 8.32. The van der Waals surface area contributed by atoms with Gasteiger partial charge in [0.2, 0.25) is 5.91 Å². The number of benzene rings is 2. The monoisotopic (exact) mass is 407 g/mol. The summed E-state index contributed by atoms with van der Waals surface area (Å²) in [6.07, 6.45) is 3.18. The molecule has 1 heterocycles. The highest BCUT2D eigenvalue weighted by atomic mass is 35.5. The Morgan fingerprint density at radius 3 is 2.78 bits per heavy atom. The molecule has 0 saturated heterocycles. The van der Waals surface area contributed by atoms with Gasteiger partial charge in [0.1, 0.15) is 19.0 Å². The Kier molecular flexibility index (Phi) is 6.14. The average molecular weight is 408 g/mol. The van der Waals surface area contributed by atoms with E-state index in [9.17, 15) is 4.79 Å². The van der Waals surface area contributed by atoms with Crippen molar-refractivity contribution in [3.05, 3.63) is 57.6 Å². The first-order valence-corrected chi connectivity index (χ1v) is 9.08. The Morgan fingerprint density at radius 2 is 2.00 bits per heavy atom. The van der Waals surface area contributed by atoms with Gasteiger partial charge in [-0.25, -0.2) is 0 Å². The van der Waals surface area contributed by atoms with Crippen molar-refractivity contribution >= 4 is 35.2 Å². The molecule has 0 radical (unpaired) electrons. The predicted octanol–water partition coefficient (Wildman–Crippen LogP) is 4.45. The maximum atomic E-state index is 12.5. The number of fused-ring (bicyclic) bond motifs is 1. The molecule has 1 aliphatic heterocycles. The summed E-state index contributed by atoms with van der Waals surface area (Å²) in [6.45, 7) is 1.31. The van der Waals surface area contributed by atoms with E-state index in [0.717, 1.165) is 11.1 Å². The highest BCUT2D eigenvalue weighted by Gasteiger charge is 2.16. The van der Waals surface area contributed by atoms with Gasteiger partial charge in [0, 0.05) is 30.3 Å². The second-order valence-corrected chi connectivity index (χ2v) is 6.85. The minimum absolute atomic E-state index is 0.164. The van der Waals surface area contributed by atoms with Crippen molar-refractivity contribution in [1.82, 2.24) is 4.90 Å². The highest BCUT2D eigenvalue weighted by Crippen LogP contribution is 2.38. The van der Waals surface area contributed by atoms with Gasteiger partial charge in [-0.15, -0.1) is 0 Å². The molecule has 0 aliphatic carbocycles. The number of nitrogens with zero attached hydrogens (tertiary/aromatic N) is 1. The summed E-state index contributed by atoms with van der Waals surface area (Å²) < 4.78 is 16.4. The Morgan fingerprint density at radius 1 is 1.22 bits per heavy atom. The van der Waals surface area contributed by atoms with E-state index in [1.807, 2.05) is 0 Å². The van der Waals surface area contributed by atoms with Gasteiger partial charge in [0.15, 0.2) is 11.5 Å². The zero-order chi connectivity index (χ0) is 19.4. The van der Waals surface area contributed by atoms with Crippen molar-refractivity contribution in [3.8, 4) is 17.2 Å². The molecule has 2 aromatic rings. The molecule has 0 saturated carbocycles. The van der Waals surface area contributed by atoms with E-state index in [-0.39, 0.29) is 5.91 Å². The molecule has 142 valence electrons. The van der Waals surface area contributed by atoms with E-state index in [1.54, 1.807) is 55.5 Å². The maximum absolute atomic E-state index is 12.5. The van der Waals surface area contributed by atoms with Crippen molar-refractivity contribution in [2.24, 2.45) is 0 Å². The summed E-state index contributed by atoms with van der Waals surface area (Å²) >= 11 is 12.3. The van der Waals surface area contributed by atoms with Crippen LogP contribution >= 0.6 is 23.2 Å². The van der Waals surface area contributed by atoms with E-state index in [0.29, 0.717) is 47.1 Å². The Hall–Kier alpha value is -2.37. The summed E-state index contributed by atoms with van der Waals surface area (Å²) in [5, 5.41) is 1.05. The third-order valence-electron chi connectivity index (χ3n) is 4.06. The standard InChI is InChI=1S/C20H19Cl2NO4/c1-23(12-14-11-15(21)4-5-17(14)25-2)19(24)6-3-13-9-16(22)20-18(10-13)26-7-8-27-20/h3-6,9-11H,7-8,12H2,1-2H3/b6-3+. The summed E-state index contributed by atoms with van der Waals surface area (Å²) in [7, 11) is 3.30. The number of methoxy groups -OCH3 is 1.